The maximum atomic E-state index is 13.1. The fourth-order valence-corrected chi connectivity index (χ4v) is 3.99. The highest BCUT2D eigenvalue weighted by molar-refractivity contribution is 14.1. The Morgan fingerprint density at radius 1 is 1.27 bits per heavy atom. The molecule has 1 N–H and O–H groups in total. The number of rotatable bonds is 5. The molecule has 0 saturated carbocycles. The Hall–Kier alpha value is -2.14. The zero-order valence-corrected chi connectivity index (χ0v) is 18.1. The van der Waals surface area contributed by atoms with Gasteiger partial charge in [-0.1, -0.05) is 37.3 Å². The quantitative estimate of drug-likeness (QED) is 0.573. The summed E-state index contributed by atoms with van der Waals surface area (Å²) in [7, 11) is 0. The van der Waals surface area contributed by atoms with Crippen molar-refractivity contribution in [3.63, 3.8) is 0 Å². The van der Waals surface area contributed by atoms with Crippen molar-refractivity contribution in [2.45, 2.75) is 31.7 Å². The molecule has 1 unspecified atom stereocenters. The molecule has 1 aliphatic rings. The van der Waals surface area contributed by atoms with Gasteiger partial charge in [0.15, 0.2) is 0 Å². The van der Waals surface area contributed by atoms with E-state index >= 15 is 0 Å². The number of aliphatic hydroxyl groups is 1. The summed E-state index contributed by atoms with van der Waals surface area (Å²) in [5.74, 6) is -1.84. The van der Waals surface area contributed by atoms with E-state index in [1.807, 2.05) is 30.3 Å². The van der Waals surface area contributed by atoms with Gasteiger partial charge in [-0.2, -0.15) is 13.2 Å². The van der Waals surface area contributed by atoms with E-state index in [4.69, 9.17) is 4.74 Å². The lowest BCUT2D eigenvalue weighted by atomic mass is 9.94. The van der Waals surface area contributed by atoms with Crippen LogP contribution in [0.4, 0.5) is 18.0 Å². The van der Waals surface area contributed by atoms with Crippen LogP contribution in [-0.2, 0) is 22.1 Å². The van der Waals surface area contributed by atoms with Crippen LogP contribution in [0.5, 0.6) is 0 Å². The number of hydrogen-bond acceptors (Lipinski definition) is 4. The first-order valence-electron chi connectivity index (χ1n) is 9.18. The highest BCUT2D eigenvalue weighted by atomic mass is 127. The van der Waals surface area contributed by atoms with Crippen molar-refractivity contribution in [3.05, 3.63) is 68.8 Å². The summed E-state index contributed by atoms with van der Waals surface area (Å²) in [6, 6.07) is 11.7. The Balaban J connectivity index is 1.82. The third kappa shape index (κ3) is 4.77. The monoisotopic (exact) mass is 533 g/mol. The first-order valence-corrected chi connectivity index (χ1v) is 10.3. The van der Waals surface area contributed by atoms with Gasteiger partial charge in [-0.05, 0) is 58.3 Å². The van der Waals surface area contributed by atoms with E-state index in [-0.39, 0.29) is 12.2 Å². The molecular formula is C21H19F3INO4. The van der Waals surface area contributed by atoms with Crippen LogP contribution >= 0.6 is 22.6 Å². The molecule has 30 heavy (non-hydrogen) atoms. The Morgan fingerprint density at radius 3 is 2.57 bits per heavy atom. The van der Waals surface area contributed by atoms with Crippen molar-refractivity contribution in [1.29, 1.82) is 0 Å². The van der Waals surface area contributed by atoms with Crippen LogP contribution in [0.15, 0.2) is 48.5 Å². The fourth-order valence-electron chi connectivity index (χ4n) is 3.34. The minimum atomic E-state index is -4.58. The number of hydrogen-bond donors (Lipinski definition) is 1. The van der Waals surface area contributed by atoms with Gasteiger partial charge in [0.2, 0.25) is 5.91 Å². The Morgan fingerprint density at radius 2 is 1.93 bits per heavy atom. The minimum Gasteiger partial charge on any atom is -0.447 e. The fraction of sp³-hybridized carbons (Fsp3) is 0.333. The summed E-state index contributed by atoms with van der Waals surface area (Å²) in [5, 5.41) is 10.7. The first-order chi connectivity index (χ1) is 14.1. The van der Waals surface area contributed by atoms with Crippen LogP contribution in [0.3, 0.4) is 0 Å². The molecule has 9 heteroatoms. The Labute approximate surface area is 185 Å². The van der Waals surface area contributed by atoms with Crippen LogP contribution in [0.2, 0.25) is 0 Å². The smallest absolute Gasteiger partial charge is 0.416 e. The predicted octanol–water partition coefficient (Wildman–Crippen LogP) is 4.57. The van der Waals surface area contributed by atoms with Crippen LogP contribution in [-0.4, -0.2) is 34.7 Å². The van der Waals surface area contributed by atoms with Crippen molar-refractivity contribution in [2.24, 2.45) is 5.92 Å². The topological polar surface area (TPSA) is 66.8 Å². The maximum absolute atomic E-state index is 13.1. The number of amides is 2. The zero-order valence-electron chi connectivity index (χ0n) is 15.9. The van der Waals surface area contributed by atoms with E-state index in [1.165, 1.54) is 13.0 Å². The molecule has 2 aromatic rings. The normalized spacial score (nSPS) is 18.8. The Kier molecular flexibility index (Phi) is 6.71. The molecule has 1 aliphatic heterocycles. The molecule has 0 bridgehead atoms. The van der Waals surface area contributed by atoms with E-state index < -0.39 is 41.8 Å². The van der Waals surface area contributed by atoms with E-state index in [9.17, 15) is 27.9 Å². The summed E-state index contributed by atoms with van der Waals surface area (Å²) < 4.78 is 44.6. The summed E-state index contributed by atoms with van der Waals surface area (Å²) >= 11 is 1.80. The summed E-state index contributed by atoms with van der Waals surface area (Å²) in [6.45, 7) is 1.40. The number of nitrogens with zero attached hydrogens (tertiary/aromatic N) is 1. The van der Waals surface area contributed by atoms with Crippen molar-refractivity contribution < 1.29 is 32.6 Å². The molecular weight excluding hydrogens is 514 g/mol. The molecule has 1 saturated heterocycles. The molecule has 160 valence electrons. The van der Waals surface area contributed by atoms with Crippen LogP contribution < -0.4 is 0 Å². The van der Waals surface area contributed by atoms with Gasteiger partial charge in [-0.25, -0.2) is 9.69 Å². The van der Waals surface area contributed by atoms with Gasteiger partial charge in [0.1, 0.15) is 6.61 Å². The summed E-state index contributed by atoms with van der Waals surface area (Å²) in [5.41, 5.74) is -0.0307. The second kappa shape index (κ2) is 8.93. The maximum Gasteiger partial charge on any atom is 0.416 e. The molecule has 0 spiro atoms. The number of cyclic esters (lactones) is 1. The highest BCUT2D eigenvalue weighted by Crippen LogP contribution is 2.35. The van der Waals surface area contributed by atoms with Crippen molar-refractivity contribution in [2.75, 3.05) is 6.61 Å². The van der Waals surface area contributed by atoms with Crippen LogP contribution in [0, 0.1) is 9.49 Å². The van der Waals surface area contributed by atoms with Crippen LogP contribution in [0.1, 0.15) is 29.7 Å². The number of halogens is 4. The average Bonchev–Trinajstić information content (AvgIpc) is 3.06. The molecule has 0 aliphatic carbocycles. The first kappa shape index (κ1) is 22.5. The van der Waals surface area contributed by atoms with Gasteiger partial charge < -0.3 is 9.84 Å². The number of carbonyl (C=O) groups is 2. The number of aliphatic hydroxyl groups excluding tert-OH is 1. The number of benzene rings is 2. The standard InChI is InChI=1S/C21H19F3INO4/c1-12(18(27)16-10-14(21(22,23)24)7-8-17(16)25)19(28)26-15(11-30-20(26)29)9-13-5-3-2-4-6-13/h2-8,10,12,15,18,27H,9,11H2,1H3/t12-,15?,18+/m0/s1. The van der Waals surface area contributed by atoms with E-state index in [2.05, 4.69) is 0 Å². The molecule has 0 radical (unpaired) electrons. The molecule has 1 heterocycles. The molecule has 3 rings (SSSR count). The SMILES string of the molecule is C[C@H](C(=O)N1C(=O)OCC1Cc1ccccc1)[C@@H](O)c1cc(C(F)(F)F)ccc1I. The lowest BCUT2D eigenvalue weighted by Crippen LogP contribution is -2.44. The molecule has 2 amide bonds. The average molecular weight is 533 g/mol. The van der Waals surface area contributed by atoms with Gasteiger partial charge in [-0.15, -0.1) is 0 Å². The number of carbonyl (C=O) groups excluding carboxylic acids is 2. The zero-order chi connectivity index (χ0) is 22.1. The largest absolute Gasteiger partial charge is 0.447 e. The number of imide groups is 1. The predicted molar refractivity (Wildman–Crippen MR) is 110 cm³/mol. The number of alkyl halides is 3. The molecule has 2 aromatic carbocycles. The molecule has 1 fully saturated rings. The van der Waals surface area contributed by atoms with Gasteiger partial charge in [0, 0.05) is 3.57 Å². The third-order valence-corrected chi connectivity index (χ3v) is 6.00. The number of ether oxygens (including phenoxy) is 1. The lowest BCUT2D eigenvalue weighted by molar-refractivity contribution is -0.137. The van der Waals surface area contributed by atoms with E-state index in [1.54, 1.807) is 22.6 Å². The second-order valence-electron chi connectivity index (χ2n) is 7.10. The Bertz CT molecular complexity index is 936. The van der Waals surface area contributed by atoms with Crippen molar-refractivity contribution in [3.8, 4) is 0 Å². The third-order valence-electron chi connectivity index (χ3n) is 5.02. The second-order valence-corrected chi connectivity index (χ2v) is 8.26. The molecule has 3 atom stereocenters. The van der Waals surface area contributed by atoms with Gasteiger partial charge in [0.25, 0.3) is 0 Å². The minimum absolute atomic E-state index is 0.0153. The summed E-state index contributed by atoms with van der Waals surface area (Å²) in [4.78, 5) is 26.1. The van der Waals surface area contributed by atoms with E-state index in [0.29, 0.717) is 9.99 Å². The molecule has 0 aromatic heterocycles. The van der Waals surface area contributed by atoms with Gasteiger partial charge in [0.05, 0.1) is 23.6 Å². The molecule has 5 nitrogen and oxygen atoms in total. The van der Waals surface area contributed by atoms with Gasteiger partial charge in [-0.3, -0.25) is 4.79 Å². The van der Waals surface area contributed by atoms with Crippen LogP contribution in [0.25, 0.3) is 0 Å². The van der Waals surface area contributed by atoms with Crippen molar-refractivity contribution in [1.82, 2.24) is 4.90 Å². The highest BCUT2D eigenvalue weighted by Gasteiger charge is 2.42. The van der Waals surface area contributed by atoms with Gasteiger partial charge >= 0.3 is 12.3 Å². The lowest BCUT2D eigenvalue weighted by Gasteiger charge is -2.26. The van der Waals surface area contributed by atoms with Crippen molar-refractivity contribution >= 4 is 34.6 Å². The summed E-state index contributed by atoms with van der Waals surface area (Å²) in [6.07, 6.45) is -6.54. The van der Waals surface area contributed by atoms with E-state index in [0.717, 1.165) is 22.6 Å².